The van der Waals surface area contributed by atoms with Gasteiger partial charge in [-0.3, -0.25) is 0 Å². The highest BCUT2D eigenvalue weighted by atomic mass is 35.5. The molecule has 1 nitrogen and oxygen atoms in total. The topological polar surface area (TPSA) is 26.0 Å². The number of rotatable bonds is 2. The van der Waals surface area contributed by atoms with E-state index in [4.69, 9.17) is 17.3 Å². The fourth-order valence-corrected chi connectivity index (χ4v) is 2.32. The highest BCUT2D eigenvalue weighted by molar-refractivity contribution is 6.31. The maximum absolute atomic E-state index is 13.2. The first-order valence-electron chi connectivity index (χ1n) is 4.88. The first-order chi connectivity index (χ1) is 6.97. The molecule has 2 N–H and O–H groups in total. The molecule has 2 rings (SSSR count). The molecule has 0 aromatic heterocycles. The smallest absolute Gasteiger partial charge is 0.145 e. The molecule has 0 aliphatic heterocycles. The van der Waals surface area contributed by atoms with Crippen LogP contribution in [0.2, 0.25) is 5.02 Å². The van der Waals surface area contributed by atoms with Gasteiger partial charge < -0.3 is 5.73 Å². The third-order valence-corrected chi connectivity index (χ3v) is 3.57. The molecule has 1 unspecified atom stereocenters. The van der Waals surface area contributed by atoms with Crippen LogP contribution in [0.15, 0.2) is 12.1 Å². The van der Waals surface area contributed by atoms with Crippen molar-refractivity contribution in [1.29, 1.82) is 0 Å². The van der Waals surface area contributed by atoms with Crippen LogP contribution >= 0.6 is 11.6 Å². The molecule has 1 aliphatic carbocycles. The van der Waals surface area contributed by atoms with Gasteiger partial charge >= 0.3 is 0 Å². The first kappa shape index (κ1) is 10.8. The van der Waals surface area contributed by atoms with Crippen molar-refractivity contribution in [2.24, 2.45) is 5.73 Å². The van der Waals surface area contributed by atoms with Crippen LogP contribution in [0.4, 0.5) is 8.78 Å². The Morgan fingerprint density at radius 1 is 1.40 bits per heavy atom. The van der Waals surface area contributed by atoms with Gasteiger partial charge in [-0.15, -0.1) is 0 Å². The van der Waals surface area contributed by atoms with Crippen molar-refractivity contribution in [3.05, 3.63) is 34.4 Å². The average molecular weight is 232 g/mol. The quantitative estimate of drug-likeness (QED) is 0.778. The number of halogens is 3. The highest BCUT2D eigenvalue weighted by Gasteiger charge is 2.49. The fourth-order valence-electron chi connectivity index (χ4n) is 2.02. The average Bonchev–Trinajstić information content (AvgIpc) is 2.91. The van der Waals surface area contributed by atoms with Crippen molar-refractivity contribution in [1.82, 2.24) is 0 Å². The monoisotopic (exact) mass is 231 g/mol. The Balaban J connectivity index is 2.53. The maximum Gasteiger partial charge on any atom is 0.145 e. The van der Waals surface area contributed by atoms with Crippen LogP contribution in [0, 0.1) is 11.6 Å². The predicted molar refractivity (Wildman–Crippen MR) is 55.9 cm³/mol. The van der Waals surface area contributed by atoms with E-state index in [1.54, 1.807) is 0 Å². The lowest BCUT2D eigenvalue weighted by molar-refractivity contribution is 0.533. The second-order valence-electron chi connectivity index (χ2n) is 4.19. The van der Waals surface area contributed by atoms with E-state index in [0.717, 1.165) is 18.9 Å². The number of benzene rings is 1. The molecule has 0 spiro atoms. The summed E-state index contributed by atoms with van der Waals surface area (Å²) in [6.07, 6.45) is 1.68. The minimum absolute atomic E-state index is 0.00574. The summed E-state index contributed by atoms with van der Waals surface area (Å²) < 4.78 is 26.3. The molecule has 0 heterocycles. The van der Waals surface area contributed by atoms with E-state index in [1.807, 2.05) is 6.92 Å². The van der Waals surface area contributed by atoms with Crippen molar-refractivity contribution in [2.45, 2.75) is 31.2 Å². The van der Waals surface area contributed by atoms with Crippen LogP contribution < -0.4 is 5.73 Å². The van der Waals surface area contributed by atoms with Gasteiger partial charge in [0.2, 0.25) is 0 Å². The Morgan fingerprint density at radius 3 is 2.47 bits per heavy atom. The summed E-state index contributed by atoms with van der Waals surface area (Å²) in [5.41, 5.74) is 6.02. The molecule has 4 heteroatoms. The minimum atomic E-state index is -0.710. The lowest BCUT2D eigenvalue weighted by Gasteiger charge is -2.21. The van der Waals surface area contributed by atoms with Crippen molar-refractivity contribution >= 4 is 11.6 Å². The minimum Gasteiger partial charge on any atom is -0.327 e. The van der Waals surface area contributed by atoms with Gasteiger partial charge in [0.05, 0.1) is 5.02 Å². The van der Waals surface area contributed by atoms with Gasteiger partial charge in [0, 0.05) is 17.5 Å². The number of hydrogen-bond acceptors (Lipinski definition) is 1. The van der Waals surface area contributed by atoms with Crippen molar-refractivity contribution < 1.29 is 8.78 Å². The van der Waals surface area contributed by atoms with E-state index < -0.39 is 11.6 Å². The Bertz CT molecular complexity index is 400. The van der Waals surface area contributed by atoms with E-state index >= 15 is 0 Å². The summed E-state index contributed by atoms with van der Waals surface area (Å²) in [6.45, 7) is 1.84. The Hall–Kier alpha value is -0.670. The maximum atomic E-state index is 13.2. The molecule has 1 saturated carbocycles. The predicted octanol–water partition coefficient (Wildman–Crippen LogP) is 3.00. The molecule has 1 fully saturated rings. The molecule has 82 valence electrons. The molecule has 1 atom stereocenters. The van der Waals surface area contributed by atoms with Crippen molar-refractivity contribution in [2.75, 3.05) is 0 Å². The summed E-state index contributed by atoms with van der Waals surface area (Å²) >= 11 is 5.84. The summed E-state index contributed by atoms with van der Waals surface area (Å²) in [5, 5.41) is 0.00574. The lowest BCUT2D eigenvalue weighted by atomic mass is 9.89. The standard InChI is InChI=1S/C11H12ClF2N/c1-6(15)11(2-3-11)8-4-7(13)5-9(14)10(8)12/h4-6H,2-3,15H2,1H3. The van der Waals surface area contributed by atoms with E-state index in [0.29, 0.717) is 5.56 Å². The van der Waals surface area contributed by atoms with Crippen LogP contribution in [0.1, 0.15) is 25.3 Å². The zero-order valence-electron chi connectivity index (χ0n) is 8.36. The molecule has 1 aliphatic rings. The normalized spacial score (nSPS) is 20.1. The molecule has 0 radical (unpaired) electrons. The zero-order valence-corrected chi connectivity index (χ0v) is 9.11. The second-order valence-corrected chi connectivity index (χ2v) is 4.57. The molecule has 1 aromatic rings. The summed E-state index contributed by atoms with van der Waals surface area (Å²) in [4.78, 5) is 0. The molecule has 0 amide bonds. The van der Waals surface area contributed by atoms with Crippen LogP contribution in [-0.4, -0.2) is 6.04 Å². The van der Waals surface area contributed by atoms with Crippen molar-refractivity contribution in [3.8, 4) is 0 Å². The first-order valence-corrected chi connectivity index (χ1v) is 5.26. The summed E-state index contributed by atoms with van der Waals surface area (Å²) in [7, 11) is 0. The molecular weight excluding hydrogens is 220 g/mol. The Labute approximate surface area is 92.2 Å². The van der Waals surface area contributed by atoms with Gasteiger partial charge in [-0.2, -0.15) is 0 Å². The van der Waals surface area contributed by atoms with Gasteiger partial charge in [0.1, 0.15) is 11.6 Å². The lowest BCUT2D eigenvalue weighted by Crippen LogP contribution is -2.32. The molecule has 1 aromatic carbocycles. The summed E-state index contributed by atoms with van der Waals surface area (Å²) in [6, 6.07) is 1.95. The van der Waals surface area contributed by atoms with Gasteiger partial charge in [-0.25, -0.2) is 8.78 Å². The Kier molecular flexibility index (Phi) is 2.47. The number of nitrogens with two attached hydrogens (primary N) is 1. The Morgan fingerprint density at radius 2 is 2.00 bits per heavy atom. The third-order valence-electron chi connectivity index (χ3n) is 3.19. The van der Waals surface area contributed by atoms with Gasteiger partial charge in [-0.05, 0) is 31.4 Å². The van der Waals surface area contributed by atoms with E-state index in [9.17, 15) is 8.78 Å². The third kappa shape index (κ3) is 1.64. The van der Waals surface area contributed by atoms with Crippen LogP contribution in [0.5, 0.6) is 0 Å². The SMILES string of the molecule is CC(N)C1(c2cc(F)cc(F)c2Cl)CC1. The van der Waals surface area contributed by atoms with Crippen LogP contribution in [-0.2, 0) is 5.41 Å². The van der Waals surface area contributed by atoms with Gasteiger partial charge in [0.15, 0.2) is 0 Å². The van der Waals surface area contributed by atoms with E-state index in [-0.39, 0.29) is 16.5 Å². The molecule has 0 saturated heterocycles. The van der Waals surface area contributed by atoms with Crippen LogP contribution in [0.3, 0.4) is 0 Å². The highest BCUT2D eigenvalue weighted by Crippen LogP contribution is 2.52. The zero-order chi connectivity index (χ0) is 11.2. The van der Waals surface area contributed by atoms with Crippen LogP contribution in [0.25, 0.3) is 0 Å². The fraction of sp³-hybridized carbons (Fsp3) is 0.455. The molecule has 0 bridgehead atoms. The molecule has 15 heavy (non-hydrogen) atoms. The van der Waals surface area contributed by atoms with Crippen molar-refractivity contribution in [3.63, 3.8) is 0 Å². The summed E-state index contributed by atoms with van der Waals surface area (Å²) in [5.74, 6) is -1.31. The van der Waals surface area contributed by atoms with Gasteiger partial charge in [-0.1, -0.05) is 11.6 Å². The largest absolute Gasteiger partial charge is 0.327 e. The molecular formula is C11H12ClF2N. The van der Waals surface area contributed by atoms with E-state index in [1.165, 1.54) is 6.07 Å². The van der Waals surface area contributed by atoms with E-state index in [2.05, 4.69) is 0 Å². The number of hydrogen-bond donors (Lipinski definition) is 1. The second kappa shape index (κ2) is 3.42. The van der Waals surface area contributed by atoms with Gasteiger partial charge in [0.25, 0.3) is 0 Å².